The number of carbonyl (C=O) groups is 1. The van der Waals surface area contributed by atoms with E-state index in [1.165, 1.54) is 6.20 Å². The van der Waals surface area contributed by atoms with Crippen molar-refractivity contribution in [2.75, 3.05) is 18.4 Å². The van der Waals surface area contributed by atoms with Gasteiger partial charge in [-0.05, 0) is 43.9 Å². The first-order valence-corrected chi connectivity index (χ1v) is 7.42. The molecule has 1 fully saturated rings. The van der Waals surface area contributed by atoms with Crippen LogP contribution in [0.3, 0.4) is 0 Å². The Balaban J connectivity index is 2.11. The number of nitrogens with zero attached hydrogens (tertiary/aromatic N) is 2. The Morgan fingerprint density at radius 1 is 1.38 bits per heavy atom. The van der Waals surface area contributed by atoms with Gasteiger partial charge in [0.15, 0.2) is 0 Å². The fourth-order valence-corrected chi connectivity index (χ4v) is 2.48. The molecule has 0 radical (unpaired) electrons. The third-order valence-corrected chi connectivity index (χ3v) is 3.80. The highest BCUT2D eigenvalue weighted by Crippen LogP contribution is 2.20. The van der Waals surface area contributed by atoms with Crippen LogP contribution in [0.4, 0.5) is 5.69 Å². The van der Waals surface area contributed by atoms with Gasteiger partial charge in [0.25, 0.3) is 5.91 Å². The summed E-state index contributed by atoms with van der Waals surface area (Å²) in [5.41, 5.74) is 1.91. The molecule has 1 aliphatic rings. The second kappa shape index (κ2) is 7.14. The van der Waals surface area contributed by atoms with Crippen LogP contribution in [0.15, 0.2) is 30.0 Å². The number of halogens is 1. The van der Waals surface area contributed by atoms with Crippen LogP contribution < -0.4 is 5.32 Å². The Morgan fingerprint density at radius 2 is 2.10 bits per heavy atom. The van der Waals surface area contributed by atoms with Crippen molar-refractivity contribution < 1.29 is 4.79 Å². The van der Waals surface area contributed by atoms with Gasteiger partial charge >= 0.3 is 0 Å². The SMILES string of the molecule is Cc1ccc(Cl)cc1N/C=C(/C#N)C(=O)N1CCCCC1. The number of aryl methyl sites for hydroxylation is 1. The van der Waals surface area contributed by atoms with Crippen LogP contribution in [0.2, 0.25) is 5.02 Å². The van der Waals surface area contributed by atoms with Gasteiger partial charge in [0.1, 0.15) is 11.6 Å². The summed E-state index contributed by atoms with van der Waals surface area (Å²) in [6.07, 6.45) is 4.63. The van der Waals surface area contributed by atoms with Crippen molar-refractivity contribution in [3.8, 4) is 6.07 Å². The van der Waals surface area contributed by atoms with Crippen LogP contribution in [0, 0.1) is 18.3 Å². The van der Waals surface area contributed by atoms with Gasteiger partial charge in [0.2, 0.25) is 0 Å². The summed E-state index contributed by atoms with van der Waals surface area (Å²) in [7, 11) is 0. The number of rotatable bonds is 3. The van der Waals surface area contributed by atoms with Crippen LogP contribution in [0.5, 0.6) is 0 Å². The van der Waals surface area contributed by atoms with Crippen molar-refractivity contribution in [2.24, 2.45) is 0 Å². The highest BCUT2D eigenvalue weighted by atomic mass is 35.5. The molecule has 0 aromatic heterocycles. The van der Waals surface area contributed by atoms with E-state index >= 15 is 0 Å². The molecule has 1 N–H and O–H groups in total. The number of carbonyl (C=O) groups excluding carboxylic acids is 1. The highest BCUT2D eigenvalue weighted by molar-refractivity contribution is 6.30. The van der Waals surface area contributed by atoms with Crippen LogP contribution in [-0.2, 0) is 4.79 Å². The molecule has 1 aromatic carbocycles. The number of hydrogen-bond acceptors (Lipinski definition) is 3. The first-order valence-electron chi connectivity index (χ1n) is 7.04. The molecule has 0 aliphatic carbocycles. The zero-order valence-corrected chi connectivity index (χ0v) is 12.8. The zero-order chi connectivity index (χ0) is 15.2. The molecule has 1 aliphatic heterocycles. The van der Waals surface area contributed by atoms with Crippen molar-refractivity contribution in [1.82, 2.24) is 4.90 Å². The van der Waals surface area contributed by atoms with E-state index in [-0.39, 0.29) is 11.5 Å². The van der Waals surface area contributed by atoms with Crippen molar-refractivity contribution in [3.05, 3.63) is 40.6 Å². The molecule has 1 amide bonds. The van der Waals surface area contributed by atoms with Crippen LogP contribution in [0.1, 0.15) is 24.8 Å². The van der Waals surface area contributed by atoms with Crippen molar-refractivity contribution in [3.63, 3.8) is 0 Å². The number of anilines is 1. The van der Waals surface area contributed by atoms with E-state index in [1.807, 2.05) is 19.1 Å². The minimum Gasteiger partial charge on any atom is -0.360 e. The van der Waals surface area contributed by atoms with Gasteiger partial charge in [0.05, 0.1) is 0 Å². The molecule has 21 heavy (non-hydrogen) atoms. The van der Waals surface area contributed by atoms with Crippen LogP contribution in [0.25, 0.3) is 0 Å². The molecule has 2 rings (SSSR count). The maximum Gasteiger partial charge on any atom is 0.266 e. The molecule has 0 saturated carbocycles. The second-order valence-electron chi connectivity index (χ2n) is 5.13. The van der Waals surface area contributed by atoms with E-state index < -0.39 is 0 Å². The minimum absolute atomic E-state index is 0.122. The van der Waals surface area contributed by atoms with Crippen LogP contribution >= 0.6 is 11.6 Å². The standard InChI is InChI=1S/C16H18ClN3O/c1-12-5-6-14(17)9-15(12)19-11-13(10-18)16(21)20-7-3-2-4-8-20/h5-6,9,11,19H,2-4,7-8H2,1H3/b13-11-. The summed E-state index contributed by atoms with van der Waals surface area (Å²) in [5.74, 6) is -0.204. The molecular weight excluding hydrogens is 286 g/mol. The number of hydrogen-bond donors (Lipinski definition) is 1. The predicted molar refractivity (Wildman–Crippen MR) is 83.9 cm³/mol. The molecule has 0 atom stereocenters. The van der Waals surface area contributed by atoms with Crippen molar-refractivity contribution >= 4 is 23.2 Å². The third kappa shape index (κ3) is 3.99. The van der Waals surface area contributed by atoms with E-state index in [4.69, 9.17) is 11.6 Å². The molecule has 4 nitrogen and oxygen atoms in total. The third-order valence-electron chi connectivity index (χ3n) is 3.57. The molecule has 1 heterocycles. The Morgan fingerprint density at radius 3 is 2.76 bits per heavy atom. The summed E-state index contributed by atoms with van der Waals surface area (Å²) >= 11 is 5.95. The molecule has 0 unspecified atom stereocenters. The summed E-state index contributed by atoms with van der Waals surface area (Å²) in [6, 6.07) is 7.44. The summed E-state index contributed by atoms with van der Waals surface area (Å²) in [4.78, 5) is 14.0. The lowest BCUT2D eigenvalue weighted by Gasteiger charge is -2.26. The van der Waals surface area contributed by atoms with Gasteiger partial charge in [-0.15, -0.1) is 0 Å². The lowest BCUT2D eigenvalue weighted by Crippen LogP contribution is -2.36. The Kier molecular flexibility index (Phi) is 5.24. The largest absolute Gasteiger partial charge is 0.360 e. The average Bonchev–Trinajstić information content (AvgIpc) is 2.51. The van der Waals surface area contributed by atoms with Crippen molar-refractivity contribution in [1.29, 1.82) is 5.26 Å². The predicted octanol–water partition coefficient (Wildman–Crippen LogP) is 3.48. The average molecular weight is 304 g/mol. The molecular formula is C16H18ClN3O. The number of nitrogens with one attached hydrogen (secondary N) is 1. The second-order valence-corrected chi connectivity index (χ2v) is 5.56. The number of piperidine rings is 1. The number of nitriles is 1. The monoisotopic (exact) mass is 303 g/mol. The fourth-order valence-electron chi connectivity index (χ4n) is 2.31. The quantitative estimate of drug-likeness (QED) is 0.687. The van der Waals surface area contributed by atoms with E-state index in [0.717, 1.165) is 43.6 Å². The normalized spacial score (nSPS) is 15.5. The minimum atomic E-state index is -0.204. The first kappa shape index (κ1) is 15.4. The maximum atomic E-state index is 12.3. The zero-order valence-electron chi connectivity index (χ0n) is 12.0. The van der Waals surface area contributed by atoms with Gasteiger partial charge in [0, 0.05) is 30.0 Å². The Hall–Kier alpha value is -1.99. The fraction of sp³-hybridized carbons (Fsp3) is 0.375. The summed E-state index contributed by atoms with van der Waals surface area (Å²) in [5, 5.41) is 12.8. The molecule has 110 valence electrons. The van der Waals surface area contributed by atoms with Crippen molar-refractivity contribution in [2.45, 2.75) is 26.2 Å². The molecule has 1 saturated heterocycles. The first-order chi connectivity index (χ1) is 10.1. The van der Waals surface area contributed by atoms with E-state index in [2.05, 4.69) is 5.32 Å². The molecule has 0 spiro atoms. The van der Waals surface area contributed by atoms with Gasteiger partial charge in [-0.25, -0.2) is 0 Å². The number of likely N-dealkylation sites (tertiary alicyclic amines) is 1. The number of amides is 1. The summed E-state index contributed by atoms with van der Waals surface area (Å²) < 4.78 is 0. The lowest BCUT2D eigenvalue weighted by atomic mass is 10.1. The van der Waals surface area contributed by atoms with Gasteiger partial charge in [-0.2, -0.15) is 5.26 Å². The van der Waals surface area contributed by atoms with Gasteiger partial charge < -0.3 is 10.2 Å². The van der Waals surface area contributed by atoms with E-state index in [1.54, 1.807) is 17.0 Å². The highest BCUT2D eigenvalue weighted by Gasteiger charge is 2.20. The van der Waals surface area contributed by atoms with Gasteiger partial charge in [-0.1, -0.05) is 17.7 Å². The smallest absolute Gasteiger partial charge is 0.266 e. The van der Waals surface area contributed by atoms with E-state index in [0.29, 0.717) is 5.02 Å². The maximum absolute atomic E-state index is 12.3. The molecule has 0 bridgehead atoms. The summed E-state index contributed by atoms with van der Waals surface area (Å²) in [6.45, 7) is 3.40. The topological polar surface area (TPSA) is 56.1 Å². The molecule has 1 aromatic rings. The van der Waals surface area contributed by atoms with Crippen LogP contribution in [-0.4, -0.2) is 23.9 Å². The lowest BCUT2D eigenvalue weighted by molar-refractivity contribution is -0.127. The Labute approximate surface area is 130 Å². The number of benzene rings is 1. The Bertz CT molecular complexity index is 598. The van der Waals surface area contributed by atoms with Gasteiger partial charge in [-0.3, -0.25) is 4.79 Å². The van der Waals surface area contributed by atoms with E-state index in [9.17, 15) is 10.1 Å². The molecule has 5 heteroatoms.